The molecule has 0 aromatic heterocycles. The van der Waals surface area contributed by atoms with E-state index in [4.69, 9.17) is 0 Å². The molecule has 106 valence electrons. The van der Waals surface area contributed by atoms with Gasteiger partial charge in [0.15, 0.2) is 5.78 Å². The van der Waals surface area contributed by atoms with Gasteiger partial charge in [-0.2, -0.15) is 24.1 Å². The molecule has 2 nitrogen and oxygen atoms in total. The largest absolute Gasteiger partial charge is 0.450 e. The minimum Gasteiger partial charge on any atom is -0.294 e. The Bertz CT molecular complexity index is 591. The Labute approximate surface area is 116 Å². The number of Topliss-reactive ketones (excluding diaryl/α,β-unsaturated/α-hetero) is 2. The van der Waals surface area contributed by atoms with Crippen molar-refractivity contribution in [2.45, 2.75) is 17.5 Å². The summed E-state index contributed by atoms with van der Waals surface area (Å²) in [6, 6.07) is 6.47. The first kappa shape index (κ1) is 14.6. The molecule has 0 unspecified atom stereocenters. The maximum absolute atomic E-state index is 12.2. The van der Waals surface area contributed by atoms with Gasteiger partial charge in [0.2, 0.25) is 5.78 Å². The number of rotatable bonds is 4. The Kier molecular flexibility index (Phi) is 4.13. The van der Waals surface area contributed by atoms with Gasteiger partial charge in [-0.05, 0) is 16.9 Å². The highest BCUT2D eigenvalue weighted by atomic mass is 32.2. The number of halogens is 3. The third-order valence-corrected chi connectivity index (χ3v) is 4.66. The highest BCUT2D eigenvalue weighted by Crippen LogP contribution is 2.44. The molecule has 1 aliphatic rings. The molecule has 0 fully saturated rings. The van der Waals surface area contributed by atoms with Crippen LogP contribution in [0.15, 0.2) is 52.1 Å². The van der Waals surface area contributed by atoms with Gasteiger partial charge in [-0.15, -0.1) is 0 Å². The Morgan fingerprint density at radius 3 is 2.25 bits per heavy atom. The van der Waals surface area contributed by atoms with Gasteiger partial charge in [0.25, 0.3) is 0 Å². The molecule has 20 heavy (non-hydrogen) atoms. The zero-order chi connectivity index (χ0) is 14.8. The molecule has 1 aromatic carbocycles. The smallest absolute Gasteiger partial charge is 0.294 e. The Hall–Kier alpha value is -1.82. The van der Waals surface area contributed by atoms with Crippen molar-refractivity contribution in [2.75, 3.05) is 0 Å². The SMILES string of the molecule is O=C(CC(=O)C(F)(F)F)c1ccccc1[SH]1C=CC=C1. The Balaban J connectivity index is 2.25. The summed E-state index contributed by atoms with van der Waals surface area (Å²) < 4.78 is 36.6. The van der Waals surface area contributed by atoms with Crippen LogP contribution in [0.1, 0.15) is 16.8 Å². The second-order valence-corrected chi connectivity index (χ2v) is 6.02. The summed E-state index contributed by atoms with van der Waals surface area (Å²) in [7, 11) is -0.821. The van der Waals surface area contributed by atoms with Crippen molar-refractivity contribution < 1.29 is 22.8 Å². The maximum atomic E-state index is 12.2. The Morgan fingerprint density at radius 2 is 1.65 bits per heavy atom. The van der Waals surface area contributed by atoms with Crippen molar-refractivity contribution in [3.05, 3.63) is 52.8 Å². The minimum absolute atomic E-state index is 0.187. The average Bonchev–Trinajstić information content (AvgIpc) is 2.91. The number of hydrogen-bond donors (Lipinski definition) is 1. The number of benzene rings is 1. The molecule has 1 heterocycles. The van der Waals surface area contributed by atoms with Gasteiger partial charge in [-0.25, -0.2) is 0 Å². The van der Waals surface area contributed by atoms with Crippen molar-refractivity contribution >= 4 is 22.5 Å². The number of thiol groups is 1. The first-order valence-corrected chi connectivity index (χ1v) is 7.23. The zero-order valence-electron chi connectivity index (χ0n) is 10.2. The number of carbonyl (C=O) groups is 2. The standard InChI is InChI=1S/C14H11F3O2S/c15-14(16,17)13(19)9-11(18)10-5-1-2-6-12(10)20-7-3-4-8-20/h1-8,20H,9H2. The van der Waals surface area contributed by atoms with Crippen LogP contribution < -0.4 is 0 Å². The van der Waals surface area contributed by atoms with E-state index in [0.717, 1.165) is 0 Å². The van der Waals surface area contributed by atoms with E-state index in [9.17, 15) is 22.8 Å². The third-order valence-electron chi connectivity index (χ3n) is 2.72. The lowest BCUT2D eigenvalue weighted by Crippen LogP contribution is -2.25. The topological polar surface area (TPSA) is 34.1 Å². The number of hydrogen-bond acceptors (Lipinski definition) is 2. The molecule has 0 aliphatic carbocycles. The van der Waals surface area contributed by atoms with Crippen LogP contribution in [0.4, 0.5) is 13.2 Å². The van der Waals surface area contributed by atoms with Crippen molar-refractivity contribution in [2.24, 2.45) is 0 Å². The Morgan fingerprint density at radius 1 is 1.05 bits per heavy atom. The summed E-state index contributed by atoms with van der Waals surface area (Å²) in [6.07, 6.45) is -2.46. The lowest BCUT2D eigenvalue weighted by Gasteiger charge is -2.15. The monoisotopic (exact) mass is 300 g/mol. The van der Waals surface area contributed by atoms with Crippen LogP contribution in [0.2, 0.25) is 0 Å². The van der Waals surface area contributed by atoms with Crippen LogP contribution in [0.5, 0.6) is 0 Å². The molecule has 0 bridgehead atoms. The molecule has 0 N–H and O–H groups in total. The summed E-state index contributed by atoms with van der Waals surface area (Å²) >= 11 is 0. The molecule has 1 aromatic rings. The summed E-state index contributed by atoms with van der Waals surface area (Å²) in [4.78, 5) is 23.5. The fourth-order valence-electron chi connectivity index (χ4n) is 1.77. The zero-order valence-corrected chi connectivity index (χ0v) is 11.1. The third kappa shape index (κ3) is 3.19. The van der Waals surface area contributed by atoms with Crippen molar-refractivity contribution in [3.8, 4) is 0 Å². The summed E-state index contributed by atoms with van der Waals surface area (Å²) in [5.74, 6) is -2.80. The van der Waals surface area contributed by atoms with Crippen LogP contribution in [-0.4, -0.2) is 17.7 Å². The second-order valence-electron chi connectivity index (χ2n) is 4.13. The summed E-state index contributed by atoms with van der Waals surface area (Å²) in [5, 5.41) is 3.79. The predicted molar refractivity (Wildman–Crippen MR) is 72.0 cm³/mol. The van der Waals surface area contributed by atoms with E-state index in [-0.39, 0.29) is 5.56 Å². The molecule has 0 amide bonds. The normalized spacial score (nSPS) is 15.7. The van der Waals surface area contributed by atoms with Gasteiger partial charge in [0, 0.05) is 10.5 Å². The molecule has 0 saturated carbocycles. The molecule has 0 saturated heterocycles. The number of allylic oxidation sites excluding steroid dienone is 2. The van der Waals surface area contributed by atoms with Gasteiger partial charge in [0.1, 0.15) is 0 Å². The number of carbonyl (C=O) groups excluding carboxylic acids is 2. The molecule has 1 aliphatic heterocycles. The molecule has 0 atom stereocenters. The van der Waals surface area contributed by atoms with Crippen LogP contribution >= 0.6 is 10.9 Å². The van der Waals surface area contributed by atoms with Crippen LogP contribution in [0.25, 0.3) is 0 Å². The molecule has 2 rings (SSSR count). The summed E-state index contributed by atoms with van der Waals surface area (Å²) in [6.45, 7) is 0. The van der Waals surface area contributed by atoms with Crippen LogP contribution in [0.3, 0.4) is 0 Å². The second kappa shape index (κ2) is 5.66. The quantitative estimate of drug-likeness (QED) is 0.521. The van der Waals surface area contributed by atoms with Crippen LogP contribution in [-0.2, 0) is 4.79 Å². The fourth-order valence-corrected chi connectivity index (χ4v) is 3.50. The van der Waals surface area contributed by atoms with Gasteiger partial charge < -0.3 is 0 Å². The minimum atomic E-state index is -4.97. The fraction of sp³-hybridized carbons (Fsp3) is 0.143. The van der Waals surface area contributed by atoms with E-state index in [1.54, 1.807) is 18.2 Å². The lowest BCUT2D eigenvalue weighted by atomic mass is 10.1. The molecule has 0 radical (unpaired) electrons. The van der Waals surface area contributed by atoms with E-state index < -0.39 is 35.1 Å². The van der Waals surface area contributed by atoms with Gasteiger partial charge >= 0.3 is 6.18 Å². The first-order valence-electron chi connectivity index (χ1n) is 5.75. The predicted octanol–water partition coefficient (Wildman–Crippen LogP) is 3.79. The van der Waals surface area contributed by atoms with E-state index in [1.807, 2.05) is 23.0 Å². The first-order chi connectivity index (χ1) is 9.39. The van der Waals surface area contributed by atoms with Crippen LogP contribution in [0, 0.1) is 0 Å². The molecular formula is C14H11F3O2S. The van der Waals surface area contributed by atoms with E-state index in [0.29, 0.717) is 4.90 Å². The van der Waals surface area contributed by atoms with Crippen molar-refractivity contribution in [3.63, 3.8) is 0 Å². The van der Waals surface area contributed by atoms with Gasteiger partial charge in [-0.1, -0.05) is 30.4 Å². The van der Waals surface area contributed by atoms with E-state index >= 15 is 0 Å². The highest BCUT2D eigenvalue weighted by molar-refractivity contribution is 8.22. The van der Waals surface area contributed by atoms with Crippen molar-refractivity contribution in [1.82, 2.24) is 0 Å². The number of alkyl halides is 3. The van der Waals surface area contributed by atoms with Crippen molar-refractivity contribution in [1.29, 1.82) is 0 Å². The van der Waals surface area contributed by atoms with Gasteiger partial charge in [0.05, 0.1) is 6.42 Å². The summed E-state index contributed by atoms with van der Waals surface area (Å²) in [5.41, 5.74) is 0.187. The number of ketones is 2. The average molecular weight is 300 g/mol. The van der Waals surface area contributed by atoms with Gasteiger partial charge in [-0.3, -0.25) is 9.59 Å². The molecule has 0 spiro atoms. The lowest BCUT2D eigenvalue weighted by molar-refractivity contribution is -0.170. The highest BCUT2D eigenvalue weighted by Gasteiger charge is 2.39. The maximum Gasteiger partial charge on any atom is 0.450 e. The molecular weight excluding hydrogens is 289 g/mol. The molecule has 6 heteroatoms. The van der Waals surface area contributed by atoms with E-state index in [1.165, 1.54) is 6.07 Å². The van der Waals surface area contributed by atoms with E-state index in [2.05, 4.69) is 0 Å².